The normalized spacial score (nSPS) is 12.8. The molecule has 5 heteroatoms. The lowest BCUT2D eigenvalue weighted by Crippen LogP contribution is -2.19. The van der Waals surface area contributed by atoms with Crippen LogP contribution in [0.2, 0.25) is 0 Å². The van der Waals surface area contributed by atoms with E-state index in [1.807, 2.05) is 6.07 Å². The van der Waals surface area contributed by atoms with Crippen LogP contribution < -0.4 is 15.0 Å². The number of allylic oxidation sites excluding steroid dienone is 1. The molecule has 0 saturated heterocycles. The Morgan fingerprint density at radius 2 is 1.95 bits per heavy atom. The Bertz CT molecular complexity index is 833. The standard InChI is InChI=1S/C17H15NO4/c1-10-7-11(2)18-17(20)16(10)13(19)5-3-12-4-6-14-15(8-12)22-9-21-14/h3-8H,9H2,1-2H3,(H,18,20). The van der Waals surface area contributed by atoms with E-state index in [9.17, 15) is 9.59 Å². The fraction of sp³-hybridized carbons (Fsp3) is 0.176. The van der Waals surface area contributed by atoms with Crippen LogP contribution >= 0.6 is 0 Å². The van der Waals surface area contributed by atoms with Crippen LogP contribution in [0.15, 0.2) is 35.1 Å². The summed E-state index contributed by atoms with van der Waals surface area (Å²) in [4.78, 5) is 26.8. The van der Waals surface area contributed by atoms with Gasteiger partial charge in [-0.2, -0.15) is 0 Å². The SMILES string of the molecule is Cc1cc(C)c(C(=O)C=Cc2ccc3c(c2)OCO3)c(=O)[nH]1. The number of pyridine rings is 1. The number of H-pyrrole nitrogens is 1. The summed E-state index contributed by atoms with van der Waals surface area (Å²) in [6.45, 7) is 3.74. The van der Waals surface area contributed by atoms with Crippen LogP contribution in [-0.2, 0) is 0 Å². The second kappa shape index (κ2) is 5.52. The van der Waals surface area contributed by atoms with Gasteiger partial charge in [0.1, 0.15) is 0 Å². The van der Waals surface area contributed by atoms with E-state index in [0.717, 1.165) is 11.3 Å². The van der Waals surface area contributed by atoms with E-state index in [4.69, 9.17) is 9.47 Å². The highest BCUT2D eigenvalue weighted by Gasteiger charge is 2.14. The fourth-order valence-corrected chi connectivity index (χ4v) is 2.43. The van der Waals surface area contributed by atoms with E-state index < -0.39 is 0 Å². The first-order valence-corrected chi connectivity index (χ1v) is 6.87. The topological polar surface area (TPSA) is 68.4 Å². The molecule has 1 N–H and O–H groups in total. The van der Waals surface area contributed by atoms with Gasteiger partial charge in [-0.3, -0.25) is 9.59 Å². The number of aryl methyl sites for hydroxylation is 2. The lowest BCUT2D eigenvalue weighted by atomic mass is 10.0. The number of nitrogens with one attached hydrogen (secondary N) is 1. The summed E-state index contributed by atoms with van der Waals surface area (Å²) >= 11 is 0. The average Bonchev–Trinajstić information content (AvgIpc) is 2.91. The number of hydrogen-bond donors (Lipinski definition) is 1. The molecule has 2 heterocycles. The van der Waals surface area contributed by atoms with Gasteiger partial charge in [0.15, 0.2) is 17.3 Å². The predicted octanol–water partition coefficient (Wildman–Crippen LogP) is 2.62. The third-order valence-electron chi connectivity index (χ3n) is 3.44. The summed E-state index contributed by atoms with van der Waals surface area (Å²) in [6.07, 6.45) is 3.05. The second-order valence-electron chi connectivity index (χ2n) is 5.15. The van der Waals surface area contributed by atoms with E-state index in [-0.39, 0.29) is 23.7 Å². The van der Waals surface area contributed by atoms with Gasteiger partial charge >= 0.3 is 0 Å². The third-order valence-corrected chi connectivity index (χ3v) is 3.44. The minimum Gasteiger partial charge on any atom is -0.454 e. The number of benzene rings is 1. The van der Waals surface area contributed by atoms with E-state index in [2.05, 4.69) is 4.98 Å². The number of aromatic nitrogens is 1. The van der Waals surface area contributed by atoms with E-state index >= 15 is 0 Å². The van der Waals surface area contributed by atoms with Gasteiger partial charge in [0.05, 0.1) is 5.56 Å². The Kier molecular flexibility index (Phi) is 3.55. The molecule has 2 aromatic rings. The van der Waals surface area contributed by atoms with Crippen molar-refractivity contribution in [3.8, 4) is 11.5 Å². The molecular weight excluding hydrogens is 282 g/mol. The first-order valence-electron chi connectivity index (χ1n) is 6.87. The highest BCUT2D eigenvalue weighted by atomic mass is 16.7. The van der Waals surface area contributed by atoms with Crippen molar-refractivity contribution in [3.63, 3.8) is 0 Å². The van der Waals surface area contributed by atoms with Crippen molar-refractivity contribution in [1.29, 1.82) is 0 Å². The second-order valence-corrected chi connectivity index (χ2v) is 5.15. The summed E-state index contributed by atoms with van der Waals surface area (Å²) in [5.41, 5.74) is 2.01. The van der Waals surface area contributed by atoms with Crippen molar-refractivity contribution >= 4 is 11.9 Å². The number of carbonyl (C=O) groups is 1. The van der Waals surface area contributed by atoms with Crippen molar-refractivity contribution in [2.45, 2.75) is 13.8 Å². The molecule has 0 aliphatic carbocycles. The van der Waals surface area contributed by atoms with Gasteiger partial charge < -0.3 is 14.5 Å². The van der Waals surface area contributed by atoms with Crippen molar-refractivity contribution < 1.29 is 14.3 Å². The highest BCUT2D eigenvalue weighted by Crippen LogP contribution is 2.32. The molecule has 0 spiro atoms. The number of ketones is 1. The zero-order chi connectivity index (χ0) is 15.7. The molecule has 3 rings (SSSR count). The van der Waals surface area contributed by atoms with Crippen molar-refractivity contribution in [1.82, 2.24) is 4.98 Å². The Hall–Kier alpha value is -2.82. The smallest absolute Gasteiger partial charge is 0.259 e. The van der Waals surface area contributed by atoms with E-state index in [1.54, 1.807) is 38.1 Å². The van der Waals surface area contributed by atoms with Crippen LogP contribution in [0.3, 0.4) is 0 Å². The molecule has 5 nitrogen and oxygen atoms in total. The predicted molar refractivity (Wildman–Crippen MR) is 82.5 cm³/mol. The maximum absolute atomic E-state index is 12.2. The molecule has 0 fully saturated rings. The Balaban J connectivity index is 1.87. The van der Waals surface area contributed by atoms with Crippen LogP contribution in [0.25, 0.3) is 6.08 Å². The van der Waals surface area contributed by atoms with Crippen molar-refractivity contribution in [2.24, 2.45) is 0 Å². The minimum absolute atomic E-state index is 0.169. The number of hydrogen-bond acceptors (Lipinski definition) is 4. The van der Waals surface area contributed by atoms with Crippen LogP contribution in [0.5, 0.6) is 11.5 Å². The zero-order valence-corrected chi connectivity index (χ0v) is 12.3. The van der Waals surface area contributed by atoms with Gasteiger partial charge in [0.25, 0.3) is 5.56 Å². The van der Waals surface area contributed by atoms with E-state index in [0.29, 0.717) is 17.1 Å². The molecular formula is C17H15NO4. The zero-order valence-electron chi connectivity index (χ0n) is 12.3. The van der Waals surface area contributed by atoms with Crippen LogP contribution in [0, 0.1) is 13.8 Å². The first-order chi connectivity index (χ1) is 10.5. The Morgan fingerprint density at radius 1 is 1.18 bits per heavy atom. The molecule has 1 aliphatic heterocycles. The quantitative estimate of drug-likeness (QED) is 0.698. The van der Waals surface area contributed by atoms with Crippen LogP contribution in [0.1, 0.15) is 27.2 Å². The van der Waals surface area contributed by atoms with Crippen LogP contribution in [-0.4, -0.2) is 17.6 Å². The largest absolute Gasteiger partial charge is 0.454 e. The molecule has 1 aromatic heterocycles. The van der Waals surface area contributed by atoms with Crippen LogP contribution in [0.4, 0.5) is 0 Å². The highest BCUT2D eigenvalue weighted by molar-refractivity contribution is 6.07. The number of ether oxygens (including phenoxy) is 2. The molecule has 0 bridgehead atoms. The maximum atomic E-state index is 12.2. The van der Waals surface area contributed by atoms with Gasteiger partial charge in [0, 0.05) is 5.69 Å². The van der Waals surface area contributed by atoms with Gasteiger partial charge in [0.2, 0.25) is 6.79 Å². The maximum Gasteiger partial charge on any atom is 0.259 e. The summed E-state index contributed by atoms with van der Waals surface area (Å²) in [6, 6.07) is 7.18. The summed E-state index contributed by atoms with van der Waals surface area (Å²) < 4.78 is 10.5. The summed E-state index contributed by atoms with van der Waals surface area (Å²) in [5, 5.41) is 0. The molecule has 22 heavy (non-hydrogen) atoms. The van der Waals surface area contributed by atoms with Gasteiger partial charge in [-0.25, -0.2) is 0 Å². The Labute approximate surface area is 127 Å². The summed E-state index contributed by atoms with van der Waals surface area (Å²) in [5.74, 6) is 1.02. The lowest BCUT2D eigenvalue weighted by molar-refractivity contribution is 0.104. The number of carbonyl (C=O) groups excluding carboxylic acids is 1. The molecule has 0 radical (unpaired) electrons. The summed E-state index contributed by atoms with van der Waals surface area (Å²) in [7, 11) is 0. The van der Waals surface area contributed by atoms with E-state index in [1.165, 1.54) is 6.08 Å². The van der Waals surface area contributed by atoms with Crippen molar-refractivity contribution in [2.75, 3.05) is 6.79 Å². The molecule has 1 aromatic carbocycles. The van der Waals surface area contributed by atoms with Crippen molar-refractivity contribution in [3.05, 3.63) is 63.1 Å². The van der Waals surface area contributed by atoms with Gasteiger partial charge in [-0.15, -0.1) is 0 Å². The van der Waals surface area contributed by atoms with Gasteiger partial charge in [-0.1, -0.05) is 12.1 Å². The molecule has 0 amide bonds. The molecule has 0 atom stereocenters. The van der Waals surface area contributed by atoms with Gasteiger partial charge in [-0.05, 0) is 49.2 Å². The molecule has 112 valence electrons. The Morgan fingerprint density at radius 3 is 2.73 bits per heavy atom. The first kappa shape index (κ1) is 14.1. The fourth-order valence-electron chi connectivity index (χ4n) is 2.43. The number of aromatic amines is 1. The minimum atomic E-state index is -0.363. The average molecular weight is 297 g/mol. The number of rotatable bonds is 3. The molecule has 0 unspecified atom stereocenters. The lowest BCUT2D eigenvalue weighted by Gasteiger charge is -2.02. The third kappa shape index (κ3) is 2.65. The number of fused-ring (bicyclic) bond motifs is 1. The molecule has 1 aliphatic rings. The monoisotopic (exact) mass is 297 g/mol. The molecule has 0 saturated carbocycles.